The van der Waals surface area contributed by atoms with Crippen LogP contribution < -0.4 is 5.56 Å². The van der Waals surface area contributed by atoms with Crippen LogP contribution in [0.4, 0.5) is 0 Å². The number of hydrogen-bond donors (Lipinski definition) is 1. The molecule has 0 aliphatic rings. The quantitative estimate of drug-likeness (QED) is 0.371. The summed E-state index contributed by atoms with van der Waals surface area (Å²) in [6.45, 7) is 2.05. The highest BCUT2D eigenvalue weighted by Crippen LogP contribution is 2.33. The smallest absolute Gasteiger partial charge is 0.259 e. The van der Waals surface area contributed by atoms with Crippen LogP contribution in [0.1, 0.15) is 35.0 Å². The molecule has 0 atom stereocenters. The fourth-order valence-electron chi connectivity index (χ4n) is 3.86. The summed E-state index contributed by atoms with van der Waals surface area (Å²) in [4.78, 5) is 26.7. The minimum absolute atomic E-state index is 0.0389. The summed E-state index contributed by atoms with van der Waals surface area (Å²) in [6, 6.07) is 22.7. The van der Waals surface area contributed by atoms with Gasteiger partial charge in [0.15, 0.2) is 5.78 Å². The van der Waals surface area contributed by atoms with E-state index < -0.39 is 0 Å². The van der Waals surface area contributed by atoms with Crippen LogP contribution in [-0.2, 0) is 13.2 Å². The van der Waals surface area contributed by atoms with E-state index in [1.165, 1.54) is 0 Å². The number of benzene rings is 3. The third kappa shape index (κ3) is 4.11. The average molecular weight is 476 g/mol. The van der Waals surface area contributed by atoms with Crippen molar-refractivity contribution >= 4 is 32.5 Å². The monoisotopic (exact) mass is 475 g/mol. The van der Waals surface area contributed by atoms with Crippen molar-refractivity contribution in [3.63, 3.8) is 0 Å². The van der Waals surface area contributed by atoms with Gasteiger partial charge in [-0.15, -0.1) is 0 Å². The SMILES string of the molecule is CCC(=O)c1c(-c2ccccc2)c2cc(Br)ccc2c(=O)n1Cc1ccc(CO)cc1. The maximum Gasteiger partial charge on any atom is 0.259 e. The van der Waals surface area contributed by atoms with E-state index in [-0.39, 0.29) is 24.5 Å². The van der Waals surface area contributed by atoms with Gasteiger partial charge < -0.3 is 5.11 Å². The van der Waals surface area contributed by atoms with E-state index in [9.17, 15) is 14.7 Å². The maximum absolute atomic E-state index is 13.5. The topological polar surface area (TPSA) is 59.3 Å². The third-order valence-corrected chi connectivity index (χ3v) is 5.92. The molecule has 3 aromatic carbocycles. The minimum atomic E-state index is -0.190. The number of fused-ring (bicyclic) bond motifs is 1. The molecule has 0 aliphatic carbocycles. The molecule has 4 nitrogen and oxygen atoms in total. The highest BCUT2D eigenvalue weighted by atomic mass is 79.9. The molecule has 1 heterocycles. The zero-order chi connectivity index (χ0) is 22.0. The van der Waals surface area contributed by atoms with Crippen LogP contribution in [0.2, 0.25) is 0 Å². The van der Waals surface area contributed by atoms with E-state index in [0.29, 0.717) is 17.5 Å². The summed E-state index contributed by atoms with van der Waals surface area (Å²) >= 11 is 3.51. The van der Waals surface area contributed by atoms with Crippen molar-refractivity contribution in [1.29, 1.82) is 0 Å². The number of Topliss-reactive ketones (excluding diaryl/α,β-unsaturated/α-hetero) is 1. The summed E-state index contributed by atoms with van der Waals surface area (Å²) < 4.78 is 2.45. The molecule has 1 aromatic heterocycles. The molecule has 156 valence electrons. The van der Waals surface area contributed by atoms with Crippen molar-refractivity contribution in [2.24, 2.45) is 0 Å². The van der Waals surface area contributed by atoms with Crippen LogP contribution >= 0.6 is 15.9 Å². The summed E-state index contributed by atoms with van der Waals surface area (Å²) in [6.07, 6.45) is 0.294. The van der Waals surface area contributed by atoms with Crippen LogP contribution in [0, 0.1) is 0 Å². The van der Waals surface area contributed by atoms with Gasteiger partial charge in [-0.3, -0.25) is 14.2 Å². The number of pyridine rings is 1. The number of carbonyl (C=O) groups is 1. The van der Waals surface area contributed by atoms with Gasteiger partial charge >= 0.3 is 0 Å². The Kier molecular flexibility index (Phi) is 6.16. The number of aliphatic hydroxyl groups is 1. The number of ketones is 1. The molecule has 4 aromatic rings. The average Bonchev–Trinajstić information content (AvgIpc) is 2.81. The number of halogens is 1. The van der Waals surface area contributed by atoms with E-state index in [1.807, 2.05) is 73.7 Å². The van der Waals surface area contributed by atoms with Crippen LogP contribution in [0.15, 0.2) is 82.1 Å². The molecule has 5 heteroatoms. The first kappa shape index (κ1) is 21.2. The lowest BCUT2D eigenvalue weighted by Gasteiger charge is -2.19. The fraction of sp³-hybridized carbons (Fsp3) is 0.154. The molecule has 4 rings (SSSR count). The zero-order valence-corrected chi connectivity index (χ0v) is 18.7. The Labute approximate surface area is 188 Å². The molecule has 0 radical (unpaired) electrons. The van der Waals surface area contributed by atoms with Crippen molar-refractivity contribution in [1.82, 2.24) is 4.57 Å². The van der Waals surface area contributed by atoms with E-state index in [0.717, 1.165) is 32.1 Å². The summed E-state index contributed by atoms with van der Waals surface area (Å²) in [5.74, 6) is -0.0789. The van der Waals surface area contributed by atoms with Crippen molar-refractivity contribution in [3.05, 3.63) is 104 Å². The Morgan fingerprint density at radius 3 is 2.26 bits per heavy atom. The highest BCUT2D eigenvalue weighted by Gasteiger charge is 2.22. The number of aliphatic hydroxyl groups excluding tert-OH is 1. The van der Waals surface area contributed by atoms with Crippen LogP contribution in [0.3, 0.4) is 0 Å². The van der Waals surface area contributed by atoms with Crippen molar-refractivity contribution in [2.75, 3.05) is 0 Å². The van der Waals surface area contributed by atoms with Crippen LogP contribution in [-0.4, -0.2) is 15.5 Å². The lowest BCUT2D eigenvalue weighted by molar-refractivity contribution is 0.0979. The Balaban J connectivity index is 2.07. The first-order chi connectivity index (χ1) is 15.0. The normalized spacial score (nSPS) is 11.1. The Morgan fingerprint density at radius 1 is 0.935 bits per heavy atom. The standard InChI is InChI=1S/C26H22BrNO3/c1-2-23(30)25-24(19-6-4-3-5-7-19)22-14-20(27)12-13-21(22)26(31)28(25)15-17-8-10-18(16-29)11-9-17/h3-14,29H,2,15-16H2,1H3. The third-order valence-electron chi connectivity index (χ3n) is 5.43. The van der Waals surface area contributed by atoms with E-state index in [1.54, 1.807) is 10.6 Å². The van der Waals surface area contributed by atoms with Gasteiger partial charge in [-0.2, -0.15) is 0 Å². The number of hydrogen-bond acceptors (Lipinski definition) is 3. The highest BCUT2D eigenvalue weighted by molar-refractivity contribution is 9.10. The van der Waals surface area contributed by atoms with Gasteiger partial charge in [-0.1, -0.05) is 77.5 Å². The minimum Gasteiger partial charge on any atom is -0.392 e. The lowest BCUT2D eigenvalue weighted by Crippen LogP contribution is -2.28. The maximum atomic E-state index is 13.5. The zero-order valence-electron chi connectivity index (χ0n) is 17.1. The first-order valence-corrected chi connectivity index (χ1v) is 11.0. The van der Waals surface area contributed by atoms with Gasteiger partial charge in [0, 0.05) is 21.8 Å². The number of nitrogens with zero attached hydrogens (tertiary/aromatic N) is 1. The second-order valence-corrected chi connectivity index (χ2v) is 8.34. The first-order valence-electron chi connectivity index (χ1n) is 10.2. The van der Waals surface area contributed by atoms with Crippen LogP contribution in [0.25, 0.3) is 21.9 Å². The predicted octanol–water partition coefficient (Wildman–Crippen LogP) is 5.56. The predicted molar refractivity (Wildman–Crippen MR) is 127 cm³/mol. The van der Waals surface area contributed by atoms with Gasteiger partial charge in [0.1, 0.15) is 0 Å². The van der Waals surface area contributed by atoms with Crippen molar-refractivity contribution in [2.45, 2.75) is 26.5 Å². The fourth-order valence-corrected chi connectivity index (χ4v) is 4.22. The Morgan fingerprint density at radius 2 is 1.61 bits per heavy atom. The van der Waals surface area contributed by atoms with Gasteiger partial charge in [0.2, 0.25) is 0 Å². The molecule has 0 fully saturated rings. The Bertz CT molecular complexity index is 1310. The number of carbonyl (C=O) groups excluding carboxylic acids is 1. The second-order valence-electron chi connectivity index (χ2n) is 7.42. The van der Waals surface area contributed by atoms with Gasteiger partial charge in [-0.05, 0) is 40.3 Å². The van der Waals surface area contributed by atoms with Gasteiger partial charge in [-0.25, -0.2) is 0 Å². The van der Waals surface area contributed by atoms with Crippen molar-refractivity contribution in [3.8, 4) is 11.1 Å². The summed E-state index contributed by atoms with van der Waals surface area (Å²) in [7, 11) is 0. The molecule has 0 amide bonds. The van der Waals surface area contributed by atoms with Gasteiger partial charge in [0.25, 0.3) is 5.56 Å². The lowest BCUT2D eigenvalue weighted by atomic mass is 9.94. The summed E-state index contributed by atoms with van der Waals surface area (Å²) in [5, 5.41) is 10.6. The molecule has 0 bridgehead atoms. The molecule has 0 unspecified atom stereocenters. The van der Waals surface area contributed by atoms with Crippen molar-refractivity contribution < 1.29 is 9.90 Å². The van der Waals surface area contributed by atoms with E-state index in [4.69, 9.17) is 0 Å². The summed E-state index contributed by atoms with van der Waals surface area (Å²) in [5.41, 5.74) is 3.59. The molecule has 1 N–H and O–H groups in total. The molecular weight excluding hydrogens is 454 g/mol. The molecule has 31 heavy (non-hydrogen) atoms. The molecule has 0 aliphatic heterocycles. The second kappa shape index (κ2) is 9.00. The number of aromatic nitrogens is 1. The molecule has 0 saturated heterocycles. The molecular formula is C26H22BrNO3. The van der Waals surface area contributed by atoms with Gasteiger partial charge in [0.05, 0.1) is 18.8 Å². The van der Waals surface area contributed by atoms with E-state index >= 15 is 0 Å². The van der Waals surface area contributed by atoms with Crippen LogP contribution in [0.5, 0.6) is 0 Å². The number of rotatable bonds is 6. The largest absolute Gasteiger partial charge is 0.392 e. The Hall–Kier alpha value is -3.02. The van der Waals surface area contributed by atoms with E-state index in [2.05, 4.69) is 15.9 Å². The molecule has 0 saturated carbocycles. The molecule has 0 spiro atoms.